The molecule has 0 bridgehead atoms. The molecule has 7 heteroatoms. The standard InChI is InChI=1S/C25H28N2O4S/c28-23(17-32-15-14-30-20-7-2-1-3-8-20)26-12-10-19(11-13-26)27-24-21-9-5-4-6-18(21)16-22(24)31-25(27)29/h1-9,19,22,24H,10-17H2. The average Bonchev–Trinajstić information content (AvgIpc) is 3.33. The lowest BCUT2D eigenvalue weighted by molar-refractivity contribution is -0.129. The predicted octanol–water partition coefficient (Wildman–Crippen LogP) is 3.91. The van der Waals surface area contributed by atoms with Gasteiger partial charge in [-0.25, -0.2) is 4.79 Å². The maximum absolute atomic E-state index is 12.6. The summed E-state index contributed by atoms with van der Waals surface area (Å²) in [5.74, 6) is 2.27. The molecule has 0 aromatic heterocycles. The molecule has 2 aromatic carbocycles. The van der Waals surface area contributed by atoms with Crippen molar-refractivity contribution in [1.82, 2.24) is 9.80 Å². The van der Waals surface area contributed by atoms with Gasteiger partial charge in [-0.15, -0.1) is 11.8 Å². The number of hydrogen-bond donors (Lipinski definition) is 0. The SMILES string of the molecule is O=C(CSCCOc1ccccc1)N1CCC(N2C(=O)OC3Cc4ccccc4C32)CC1. The molecule has 6 nitrogen and oxygen atoms in total. The largest absolute Gasteiger partial charge is 0.493 e. The number of benzene rings is 2. The molecule has 0 saturated carbocycles. The van der Waals surface area contributed by atoms with Crippen LogP contribution in [-0.2, 0) is 16.0 Å². The summed E-state index contributed by atoms with van der Waals surface area (Å²) >= 11 is 1.60. The van der Waals surface area contributed by atoms with E-state index in [-0.39, 0.29) is 30.2 Å². The summed E-state index contributed by atoms with van der Waals surface area (Å²) in [6, 6.07) is 18.2. The fourth-order valence-electron chi connectivity index (χ4n) is 5.03. The Kier molecular flexibility index (Phi) is 6.26. The lowest BCUT2D eigenvalue weighted by atomic mass is 9.99. The highest BCUT2D eigenvalue weighted by Gasteiger charge is 2.50. The van der Waals surface area contributed by atoms with Gasteiger partial charge in [0, 0.05) is 31.3 Å². The molecular weight excluding hydrogens is 424 g/mol. The quantitative estimate of drug-likeness (QED) is 0.596. The van der Waals surface area contributed by atoms with E-state index in [1.807, 2.05) is 52.3 Å². The Morgan fingerprint density at radius 1 is 1.06 bits per heavy atom. The highest BCUT2D eigenvalue weighted by Crippen LogP contribution is 2.44. The van der Waals surface area contributed by atoms with Gasteiger partial charge in [-0.05, 0) is 36.1 Å². The first-order valence-electron chi connectivity index (χ1n) is 11.3. The summed E-state index contributed by atoms with van der Waals surface area (Å²) in [4.78, 5) is 29.1. The molecule has 0 N–H and O–H groups in total. The van der Waals surface area contributed by atoms with Crippen LogP contribution in [0.25, 0.3) is 0 Å². The molecule has 168 valence electrons. The minimum Gasteiger partial charge on any atom is -0.493 e. The number of carbonyl (C=O) groups is 2. The molecule has 3 aliphatic rings. The van der Waals surface area contributed by atoms with Crippen molar-refractivity contribution in [1.29, 1.82) is 0 Å². The zero-order chi connectivity index (χ0) is 21.9. The van der Waals surface area contributed by atoms with Crippen LogP contribution in [0, 0.1) is 0 Å². The molecular formula is C25H28N2O4S. The summed E-state index contributed by atoms with van der Waals surface area (Å²) in [6.07, 6.45) is 2.12. The van der Waals surface area contributed by atoms with E-state index < -0.39 is 0 Å². The second-order valence-electron chi connectivity index (χ2n) is 8.50. The topological polar surface area (TPSA) is 59.1 Å². The Bertz CT molecular complexity index is 961. The van der Waals surface area contributed by atoms with E-state index in [9.17, 15) is 9.59 Å². The van der Waals surface area contributed by atoms with E-state index >= 15 is 0 Å². The van der Waals surface area contributed by atoms with Gasteiger partial charge in [0.15, 0.2) is 0 Å². The number of ether oxygens (including phenoxy) is 2. The van der Waals surface area contributed by atoms with Gasteiger partial charge in [0.05, 0.1) is 18.4 Å². The summed E-state index contributed by atoms with van der Waals surface area (Å²) in [5.41, 5.74) is 2.50. The van der Waals surface area contributed by atoms with Gasteiger partial charge in [-0.1, -0.05) is 42.5 Å². The average molecular weight is 453 g/mol. The Hall–Kier alpha value is -2.67. The number of carbonyl (C=O) groups excluding carboxylic acids is 2. The van der Waals surface area contributed by atoms with Crippen LogP contribution >= 0.6 is 11.8 Å². The molecule has 2 aliphatic heterocycles. The van der Waals surface area contributed by atoms with Crippen LogP contribution in [0.15, 0.2) is 54.6 Å². The third-order valence-corrected chi connectivity index (χ3v) is 7.49. The minimum absolute atomic E-state index is 0.0196. The maximum Gasteiger partial charge on any atom is 0.411 e. The third-order valence-electron chi connectivity index (χ3n) is 6.59. The van der Waals surface area contributed by atoms with Gasteiger partial charge in [-0.3, -0.25) is 9.69 Å². The number of hydrogen-bond acceptors (Lipinski definition) is 5. The summed E-state index contributed by atoms with van der Waals surface area (Å²) in [5, 5.41) is 0. The Balaban J connectivity index is 1.08. The number of nitrogens with zero attached hydrogens (tertiary/aromatic N) is 2. The second-order valence-corrected chi connectivity index (χ2v) is 9.61. The second kappa shape index (κ2) is 9.45. The van der Waals surface area contributed by atoms with E-state index in [1.165, 1.54) is 11.1 Å². The number of likely N-dealkylation sites (tertiary alicyclic amines) is 1. The Labute approximate surface area is 192 Å². The van der Waals surface area contributed by atoms with Crippen molar-refractivity contribution in [2.24, 2.45) is 0 Å². The highest BCUT2D eigenvalue weighted by molar-refractivity contribution is 7.99. The summed E-state index contributed by atoms with van der Waals surface area (Å²) in [6.45, 7) is 1.96. The molecule has 2 saturated heterocycles. The molecule has 2 heterocycles. The van der Waals surface area contributed by atoms with Gasteiger partial charge < -0.3 is 14.4 Å². The first kappa shape index (κ1) is 21.2. The first-order valence-corrected chi connectivity index (χ1v) is 12.5. The number of rotatable bonds is 7. The minimum atomic E-state index is -0.201. The van der Waals surface area contributed by atoms with Crippen LogP contribution in [0.4, 0.5) is 4.79 Å². The Morgan fingerprint density at radius 3 is 2.62 bits per heavy atom. The first-order chi connectivity index (χ1) is 15.7. The van der Waals surface area contributed by atoms with E-state index in [1.54, 1.807) is 11.8 Å². The van der Waals surface area contributed by atoms with Gasteiger partial charge in [-0.2, -0.15) is 0 Å². The van der Waals surface area contributed by atoms with Gasteiger partial charge in [0.2, 0.25) is 5.91 Å². The zero-order valence-electron chi connectivity index (χ0n) is 18.0. The number of thioether (sulfide) groups is 1. The molecule has 2 fully saturated rings. The monoisotopic (exact) mass is 452 g/mol. The third kappa shape index (κ3) is 4.31. The number of amides is 2. The lowest BCUT2D eigenvalue weighted by Gasteiger charge is -2.38. The van der Waals surface area contributed by atoms with Crippen molar-refractivity contribution in [2.45, 2.75) is 37.5 Å². The van der Waals surface area contributed by atoms with Crippen LogP contribution < -0.4 is 4.74 Å². The normalized spacial score (nSPS) is 22.4. The molecule has 2 aromatic rings. The van der Waals surface area contributed by atoms with Crippen molar-refractivity contribution in [3.8, 4) is 5.75 Å². The van der Waals surface area contributed by atoms with Gasteiger partial charge in [0.25, 0.3) is 0 Å². The van der Waals surface area contributed by atoms with Gasteiger partial charge in [0.1, 0.15) is 11.9 Å². The van der Waals surface area contributed by atoms with Crippen LogP contribution in [0.5, 0.6) is 5.75 Å². The van der Waals surface area contributed by atoms with Crippen LogP contribution in [-0.4, -0.2) is 65.1 Å². The van der Waals surface area contributed by atoms with Crippen LogP contribution in [0.3, 0.4) is 0 Å². The highest BCUT2D eigenvalue weighted by atomic mass is 32.2. The van der Waals surface area contributed by atoms with Crippen molar-refractivity contribution in [3.05, 3.63) is 65.7 Å². The summed E-state index contributed by atoms with van der Waals surface area (Å²) < 4.78 is 11.4. The molecule has 1 aliphatic carbocycles. The van der Waals surface area contributed by atoms with Crippen molar-refractivity contribution >= 4 is 23.8 Å². The van der Waals surface area contributed by atoms with E-state index in [4.69, 9.17) is 9.47 Å². The number of piperidine rings is 1. The molecule has 2 amide bonds. The van der Waals surface area contributed by atoms with Crippen molar-refractivity contribution in [3.63, 3.8) is 0 Å². The molecule has 2 atom stereocenters. The summed E-state index contributed by atoms with van der Waals surface area (Å²) in [7, 11) is 0. The molecule has 32 heavy (non-hydrogen) atoms. The van der Waals surface area contributed by atoms with E-state index in [0.717, 1.165) is 30.8 Å². The van der Waals surface area contributed by atoms with Crippen LogP contribution in [0.2, 0.25) is 0 Å². The molecule has 0 radical (unpaired) electrons. The Morgan fingerprint density at radius 2 is 1.81 bits per heavy atom. The fraction of sp³-hybridized carbons (Fsp3) is 0.440. The fourth-order valence-corrected chi connectivity index (χ4v) is 5.73. The molecule has 0 spiro atoms. The van der Waals surface area contributed by atoms with E-state index in [0.29, 0.717) is 25.4 Å². The van der Waals surface area contributed by atoms with Gasteiger partial charge >= 0.3 is 6.09 Å². The number of para-hydroxylation sites is 1. The molecule has 2 unspecified atom stereocenters. The predicted molar refractivity (Wildman–Crippen MR) is 124 cm³/mol. The van der Waals surface area contributed by atoms with Crippen molar-refractivity contribution in [2.75, 3.05) is 31.2 Å². The van der Waals surface area contributed by atoms with E-state index in [2.05, 4.69) is 12.1 Å². The number of fused-ring (bicyclic) bond motifs is 3. The zero-order valence-corrected chi connectivity index (χ0v) is 18.8. The van der Waals surface area contributed by atoms with Crippen LogP contribution in [0.1, 0.15) is 30.0 Å². The van der Waals surface area contributed by atoms with Crippen molar-refractivity contribution < 1.29 is 19.1 Å². The smallest absolute Gasteiger partial charge is 0.411 e. The lowest BCUT2D eigenvalue weighted by Crippen LogP contribution is -2.48. The maximum atomic E-state index is 12.6. The molecule has 5 rings (SSSR count).